The normalized spacial score (nSPS) is 14.9. The lowest BCUT2D eigenvalue weighted by molar-refractivity contribution is -0.127. The van der Waals surface area contributed by atoms with Crippen LogP contribution in [0.4, 0.5) is 0 Å². The van der Waals surface area contributed by atoms with Crippen LogP contribution in [0.1, 0.15) is 12.8 Å². The van der Waals surface area contributed by atoms with Crippen molar-refractivity contribution in [1.82, 2.24) is 19.8 Å². The molecule has 0 atom stereocenters. The summed E-state index contributed by atoms with van der Waals surface area (Å²) in [6.45, 7) is 1.71. The van der Waals surface area contributed by atoms with Gasteiger partial charge in [0.25, 0.3) is 0 Å². The van der Waals surface area contributed by atoms with Gasteiger partial charge in [0.05, 0.1) is 12.0 Å². The van der Waals surface area contributed by atoms with Crippen molar-refractivity contribution in [2.75, 3.05) is 24.7 Å². The van der Waals surface area contributed by atoms with Crippen LogP contribution >= 0.6 is 11.8 Å². The Kier molecular flexibility index (Phi) is 3.64. The molecule has 1 aliphatic rings. The first-order chi connectivity index (χ1) is 9.75. The van der Waals surface area contributed by atoms with E-state index >= 15 is 0 Å². The first-order valence-electron chi connectivity index (χ1n) is 6.40. The van der Waals surface area contributed by atoms with Crippen molar-refractivity contribution in [2.45, 2.75) is 18.0 Å². The van der Waals surface area contributed by atoms with Gasteiger partial charge in [0.2, 0.25) is 16.9 Å². The summed E-state index contributed by atoms with van der Waals surface area (Å²) in [6.07, 6.45) is 3.73. The van der Waals surface area contributed by atoms with Crippen LogP contribution in [0.25, 0.3) is 11.6 Å². The number of hydrogen-bond acceptors (Lipinski definition) is 6. The van der Waals surface area contributed by atoms with Crippen LogP contribution in [0.15, 0.2) is 28.0 Å². The van der Waals surface area contributed by atoms with Gasteiger partial charge >= 0.3 is 0 Å². The Morgan fingerprint density at radius 2 is 2.20 bits per heavy atom. The minimum Gasteiger partial charge on any atom is -0.461 e. The van der Waals surface area contributed by atoms with Crippen LogP contribution in [0.2, 0.25) is 0 Å². The second-order valence-corrected chi connectivity index (χ2v) is 5.47. The number of thioether (sulfide) groups is 1. The minimum atomic E-state index is 0.120. The van der Waals surface area contributed by atoms with E-state index in [1.54, 1.807) is 18.4 Å². The molecule has 0 aliphatic carbocycles. The number of nitrogens with zero attached hydrogens (tertiary/aromatic N) is 4. The number of nitrogens with two attached hydrogens (primary N) is 1. The number of hydrogen-bond donors (Lipinski definition) is 1. The first-order valence-corrected chi connectivity index (χ1v) is 7.39. The standard InChI is InChI=1S/C12H15N5O2S/c13-17-11(9-4-3-7-19-9)14-15-12(17)20-8-10(18)16-5-1-2-6-16/h3-4,7H,1-2,5-6,8,13H2. The molecule has 2 aromatic rings. The summed E-state index contributed by atoms with van der Waals surface area (Å²) in [5.41, 5.74) is 0. The Morgan fingerprint density at radius 3 is 2.90 bits per heavy atom. The van der Waals surface area contributed by atoms with Crippen LogP contribution in [-0.2, 0) is 4.79 Å². The van der Waals surface area contributed by atoms with Crippen LogP contribution in [0, 0.1) is 0 Å². The van der Waals surface area contributed by atoms with Gasteiger partial charge in [-0.15, -0.1) is 10.2 Å². The fraction of sp³-hybridized carbons (Fsp3) is 0.417. The van der Waals surface area contributed by atoms with Gasteiger partial charge in [-0.3, -0.25) is 4.79 Å². The van der Waals surface area contributed by atoms with Crippen molar-refractivity contribution in [1.29, 1.82) is 0 Å². The summed E-state index contributed by atoms with van der Waals surface area (Å²) in [7, 11) is 0. The van der Waals surface area contributed by atoms with E-state index in [2.05, 4.69) is 10.2 Å². The van der Waals surface area contributed by atoms with Crippen molar-refractivity contribution in [3.05, 3.63) is 18.4 Å². The smallest absolute Gasteiger partial charge is 0.233 e. The van der Waals surface area contributed by atoms with Crippen molar-refractivity contribution in [2.24, 2.45) is 0 Å². The maximum absolute atomic E-state index is 12.0. The molecule has 0 aromatic carbocycles. The zero-order valence-corrected chi connectivity index (χ0v) is 11.7. The van der Waals surface area contributed by atoms with Gasteiger partial charge in [-0.2, -0.15) is 0 Å². The summed E-state index contributed by atoms with van der Waals surface area (Å²) in [4.78, 5) is 13.8. The fourth-order valence-corrected chi connectivity index (χ4v) is 2.89. The minimum absolute atomic E-state index is 0.120. The summed E-state index contributed by atoms with van der Waals surface area (Å²) in [5.74, 6) is 7.37. The SMILES string of the molecule is Nn1c(SCC(=O)N2CCCC2)nnc1-c1ccco1. The van der Waals surface area contributed by atoms with Gasteiger partial charge < -0.3 is 15.2 Å². The Morgan fingerprint density at radius 1 is 1.40 bits per heavy atom. The molecule has 1 saturated heterocycles. The molecule has 3 heterocycles. The quantitative estimate of drug-likeness (QED) is 0.667. The summed E-state index contributed by atoms with van der Waals surface area (Å²) in [5, 5.41) is 8.48. The Labute approximate surface area is 120 Å². The molecule has 1 fully saturated rings. The highest BCUT2D eigenvalue weighted by Crippen LogP contribution is 2.22. The van der Waals surface area contributed by atoms with Crippen molar-refractivity contribution in [3.63, 3.8) is 0 Å². The lowest BCUT2D eigenvalue weighted by atomic mass is 10.4. The Bertz CT molecular complexity index is 589. The molecule has 3 rings (SSSR count). The highest BCUT2D eigenvalue weighted by molar-refractivity contribution is 7.99. The molecule has 0 saturated carbocycles. The molecule has 20 heavy (non-hydrogen) atoms. The molecule has 106 valence electrons. The number of aromatic nitrogens is 3. The number of furan rings is 1. The molecule has 0 bridgehead atoms. The van der Waals surface area contributed by atoms with Gasteiger partial charge in [-0.25, -0.2) is 4.68 Å². The van der Waals surface area contributed by atoms with E-state index in [0.717, 1.165) is 25.9 Å². The van der Waals surface area contributed by atoms with Gasteiger partial charge in [-0.05, 0) is 25.0 Å². The van der Waals surface area contributed by atoms with Crippen molar-refractivity contribution >= 4 is 17.7 Å². The third-order valence-corrected chi connectivity index (χ3v) is 4.12. The van der Waals surface area contributed by atoms with E-state index in [1.165, 1.54) is 16.4 Å². The molecule has 0 spiro atoms. The zero-order valence-electron chi connectivity index (χ0n) is 10.9. The molecule has 0 unspecified atom stereocenters. The predicted octanol–water partition coefficient (Wildman–Crippen LogP) is 0.966. The lowest BCUT2D eigenvalue weighted by Gasteiger charge is -2.14. The lowest BCUT2D eigenvalue weighted by Crippen LogP contribution is -2.29. The van der Waals surface area contributed by atoms with E-state index < -0.39 is 0 Å². The third kappa shape index (κ3) is 2.51. The maximum atomic E-state index is 12.0. The highest BCUT2D eigenvalue weighted by atomic mass is 32.2. The van der Waals surface area contributed by atoms with Crippen molar-refractivity contribution in [3.8, 4) is 11.6 Å². The average molecular weight is 293 g/mol. The number of carbonyl (C=O) groups is 1. The predicted molar refractivity (Wildman–Crippen MR) is 74.4 cm³/mol. The zero-order chi connectivity index (χ0) is 13.9. The van der Waals surface area contributed by atoms with Gasteiger partial charge in [0.1, 0.15) is 0 Å². The van der Waals surface area contributed by atoms with Crippen LogP contribution in [0.5, 0.6) is 0 Å². The molecular weight excluding hydrogens is 278 g/mol. The van der Waals surface area contributed by atoms with E-state index in [9.17, 15) is 4.79 Å². The van der Waals surface area contributed by atoms with Crippen molar-refractivity contribution < 1.29 is 9.21 Å². The van der Waals surface area contributed by atoms with E-state index in [1.807, 2.05) is 4.90 Å². The molecule has 0 radical (unpaired) electrons. The molecule has 2 N–H and O–H groups in total. The fourth-order valence-electron chi connectivity index (χ4n) is 2.13. The van der Waals surface area contributed by atoms with Crippen LogP contribution < -0.4 is 5.84 Å². The average Bonchev–Trinajstić information content (AvgIpc) is 3.18. The molecule has 8 heteroatoms. The topological polar surface area (TPSA) is 90.2 Å². The molecule has 1 aliphatic heterocycles. The Hall–Kier alpha value is -1.96. The van der Waals surface area contributed by atoms with E-state index in [-0.39, 0.29) is 5.91 Å². The second kappa shape index (κ2) is 5.58. The summed E-state index contributed by atoms with van der Waals surface area (Å²) in [6, 6.07) is 3.52. The van der Waals surface area contributed by atoms with E-state index in [4.69, 9.17) is 10.3 Å². The molecule has 1 amide bonds. The summed E-state index contributed by atoms with van der Waals surface area (Å²) < 4.78 is 6.58. The van der Waals surface area contributed by atoms with Gasteiger partial charge in [0, 0.05) is 13.1 Å². The van der Waals surface area contributed by atoms with Gasteiger partial charge in [-0.1, -0.05) is 11.8 Å². The largest absolute Gasteiger partial charge is 0.461 e. The summed E-state index contributed by atoms with van der Waals surface area (Å²) >= 11 is 1.29. The highest BCUT2D eigenvalue weighted by Gasteiger charge is 2.20. The molecule has 7 nitrogen and oxygen atoms in total. The number of amides is 1. The molecular formula is C12H15N5O2S. The number of nitrogen functional groups attached to an aromatic ring is 1. The molecule has 2 aromatic heterocycles. The van der Waals surface area contributed by atoms with Gasteiger partial charge in [0.15, 0.2) is 5.76 Å². The maximum Gasteiger partial charge on any atom is 0.233 e. The second-order valence-electron chi connectivity index (χ2n) is 4.53. The monoisotopic (exact) mass is 293 g/mol. The van der Waals surface area contributed by atoms with E-state index in [0.29, 0.717) is 22.5 Å². The third-order valence-electron chi connectivity index (χ3n) is 3.19. The number of rotatable bonds is 4. The Balaban J connectivity index is 1.65. The number of likely N-dealkylation sites (tertiary alicyclic amines) is 1. The van der Waals surface area contributed by atoms with Crippen LogP contribution in [0.3, 0.4) is 0 Å². The number of carbonyl (C=O) groups excluding carboxylic acids is 1. The van der Waals surface area contributed by atoms with Crippen LogP contribution in [-0.4, -0.2) is 44.5 Å². The first kappa shape index (κ1) is 13.0.